The fourth-order valence-electron chi connectivity index (χ4n) is 8.54. The molecule has 0 aliphatic heterocycles. The van der Waals surface area contributed by atoms with Crippen molar-refractivity contribution >= 4 is 31.2 Å². The first-order valence-corrected chi connectivity index (χ1v) is 28.7. The molecule has 0 bridgehead atoms. The Balaban J connectivity index is 0.000000231. The van der Waals surface area contributed by atoms with E-state index in [1.807, 2.05) is 77.9 Å². The SMILES string of the molecule is COc1cccc(C)c1-n1c(CS(=O)(=O)[C@H](C)[C@H](OCC(C)=O)c2ncc(C)cn2)nnc1-c1cncc(C)c1.COc1cccc(C)c1-n1c(CS(=O)(=O)[C@H](C)[C@H](OCC(C)=O)c2ncc(C)cn2)nnc1-c1cncc(C)c1. The van der Waals surface area contributed by atoms with Crippen molar-refractivity contribution in [2.45, 2.75) is 103 Å². The van der Waals surface area contributed by atoms with Crippen LogP contribution in [0.1, 0.15) is 96.6 Å². The monoisotopic (exact) mass is 1130 g/mol. The number of aromatic nitrogens is 12. The maximum absolute atomic E-state index is 13.9. The van der Waals surface area contributed by atoms with E-state index >= 15 is 0 Å². The number of ether oxygens (including phenoxy) is 4. The topological polar surface area (TPSA) is 278 Å². The lowest BCUT2D eigenvalue weighted by molar-refractivity contribution is -0.124. The maximum Gasteiger partial charge on any atom is 0.170 e. The molecule has 80 heavy (non-hydrogen) atoms. The molecule has 0 saturated carbocycles. The number of hydrogen-bond donors (Lipinski definition) is 0. The van der Waals surface area contributed by atoms with E-state index in [0.717, 1.165) is 33.4 Å². The predicted octanol–water partition coefficient (Wildman–Crippen LogP) is 7.41. The summed E-state index contributed by atoms with van der Waals surface area (Å²) in [5, 5.41) is 15.2. The number of nitrogens with zero attached hydrogens (tertiary/aromatic N) is 12. The van der Waals surface area contributed by atoms with Gasteiger partial charge in [0.2, 0.25) is 0 Å². The average molecular weight is 1130 g/mol. The Morgan fingerprint density at radius 1 is 0.512 bits per heavy atom. The molecule has 0 amide bonds. The summed E-state index contributed by atoms with van der Waals surface area (Å²) < 4.78 is 81.8. The van der Waals surface area contributed by atoms with Gasteiger partial charge in [0.05, 0.1) is 36.1 Å². The van der Waals surface area contributed by atoms with Crippen LogP contribution in [0, 0.1) is 41.5 Å². The van der Waals surface area contributed by atoms with E-state index in [2.05, 4.69) is 50.3 Å². The minimum Gasteiger partial charge on any atom is -0.495 e. The summed E-state index contributed by atoms with van der Waals surface area (Å²) in [5.74, 6) is 1.21. The van der Waals surface area contributed by atoms with Crippen LogP contribution in [-0.4, -0.2) is 126 Å². The van der Waals surface area contributed by atoms with Crippen LogP contribution < -0.4 is 9.47 Å². The van der Waals surface area contributed by atoms with Gasteiger partial charge in [-0.3, -0.25) is 28.7 Å². The van der Waals surface area contributed by atoms with Gasteiger partial charge < -0.3 is 18.9 Å². The lowest BCUT2D eigenvalue weighted by Gasteiger charge is -2.23. The maximum atomic E-state index is 13.9. The van der Waals surface area contributed by atoms with Gasteiger partial charge in [-0.05, 0) is 127 Å². The molecule has 8 rings (SSSR count). The number of methoxy groups -OCH3 is 2. The molecule has 0 N–H and O–H groups in total. The number of sulfone groups is 2. The molecule has 2 aromatic carbocycles. The quantitative estimate of drug-likeness (QED) is 0.0638. The molecule has 0 unspecified atom stereocenters. The minimum absolute atomic E-state index is 0.177. The van der Waals surface area contributed by atoms with Crippen molar-refractivity contribution in [2.24, 2.45) is 0 Å². The van der Waals surface area contributed by atoms with Crippen LogP contribution in [0.5, 0.6) is 11.5 Å². The Labute approximate surface area is 465 Å². The van der Waals surface area contributed by atoms with Gasteiger partial charge >= 0.3 is 0 Å². The molecule has 0 aliphatic rings. The molecular formula is C56H64N12O10S2. The number of carbonyl (C=O) groups is 2. The second-order valence-corrected chi connectivity index (χ2v) is 24.1. The summed E-state index contributed by atoms with van der Waals surface area (Å²) in [5.41, 5.74) is 7.70. The number of Topliss-reactive ketones (excluding diaryl/α,β-unsaturated/α-hetero) is 2. The van der Waals surface area contributed by atoms with Crippen LogP contribution in [-0.2, 0) is 50.2 Å². The Morgan fingerprint density at radius 3 is 1.20 bits per heavy atom. The van der Waals surface area contributed by atoms with E-state index in [1.165, 1.54) is 27.7 Å². The number of benzene rings is 2. The van der Waals surface area contributed by atoms with Gasteiger partial charge in [0.25, 0.3) is 0 Å². The number of rotatable bonds is 22. The van der Waals surface area contributed by atoms with Crippen LogP contribution in [0.15, 0.2) is 98.1 Å². The first-order valence-electron chi connectivity index (χ1n) is 25.3. The minimum atomic E-state index is -3.95. The van der Waals surface area contributed by atoms with Crippen molar-refractivity contribution < 1.29 is 45.4 Å². The molecule has 6 heterocycles. The third kappa shape index (κ3) is 14.0. The normalized spacial score (nSPS) is 13.2. The number of para-hydroxylation sites is 2. The molecule has 22 nitrogen and oxygen atoms in total. The van der Waals surface area contributed by atoms with E-state index in [1.54, 1.807) is 85.1 Å². The third-order valence-corrected chi connectivity index (χ3v) is 16.8. The zero-order chi connectivity index (χ0) is 58.1. The fraction of sp³-hybridized carbons (Fsp3) is 0.357. The molecule has 6 aromatic heterocycles. The van der Waals surface area contributed by atoms with Crippen molar-refractivity contribution in [1.29, 1.82) is 0 Å². The summed E-state index contributed by atoms with van der Waals surface area (Å²) in [6, 6.07) is 14.9. The first kappa shape index (κ1) is 59.6. The summed E-state index contributed by atoms with van der Waals surface area (Å²) in [6.45, 7) is 16.5. The molecule has 420 valence electrons. The lowest BCUT2D eigenvalue weighted by Crippen LogP contribution is -2.31. The molecule has 0 spiro atoms. The van der Waals surface area contributed by atoms with E-state index in [-0.39, 0.29) is 48.1 Å². The van der Waals surface area contributed by atoms with Crippen LogP contribution in [0.25, 0.3) is 34.2 Å². The highest BCUT2D eigenvalue weighted by molar-refractivity contribution is 7.91. The van der Waals surface area contributed by atoms with Gasteiger partial charge in [0.15, 0.2) is 66.2 Å². The van der Waals surface area contributed by atoms with Crippen molar-refractivity contribution in [1.82, 2.24) is 59.4 Å². The molecule has 0 saturated heterocycles. The van der Waals surface area contributed by atoms with Crippen molar-refractivity contribution in [3.05, 3.63) is 155 Å². The fourth-order valence-corrected chi connectivity index (χ4v) is 11.3. The van der Waals surface area contributed by atoms with Crippen molar-refractivity contribution in [3.8, 4) is 45.6 Å². The van der Waals surface area contributed by atoms with Gasteiger partial charge in [0.1, 0.15) is 48.4 Å². The number of aryl methyl sites for hydroxylation is 6. The van der Waals surface area contributed by atoms with E-state index in [4.69, 9.17) is 18.9 Å². The Kier molecular flexibility index (Phi) is 19.2. The molecular weight excluding hydrogens is 1060 g/mol. The average Bonchev–Trinajstić information content (AvgIpc) is 4.04. The Morgan fingerprint density at radius 2 is 0.875 bits per heavy atom. The van der Waals surface area contributed by atoms with Gasteiger partial charge in [-0.15, -0.1) is 20.4 Å². The van der Waals surface area contributed by atoms with Crippen LogP contribution in [0.3, 0.4) is 0 Å². The number of carbonyl (C=O) groups excluding carboxylic acids is 2. The number of hydrogen-bond acceptors (Lipinski definition) is 20. The lowest BCUT2D eigenvalue weighted by atomic mass is 10.1. The predicted molar refractivity (Wildman–Crippen MR) is 298 cm³/mol. The van der Waals surface area contributed by atoms with Crippen LogP contribution in [0.4, 0.5) is 0 Å². The summed E-state index contributed by atoms with van der Waals surface area (Å²) in [4.78, 5) is 49.1. The van der Waals surface area contributed by atoms with Gasteiger partial charge in [-0.2, -0.15) is 0 Å². The molecule has 0 radical (unpaired) electrons. The Bertz CT molecular complexity index is 3480. The zero-order valence-electron chi connectivity index (χ0n) is 46.6. The smallest absolute Gasteiger partial charge is 0.170 e. The Hall–Kier alpha value is -8.06. The number of ketones is 2. The van der Waals surface area contributed by atoms with Crippen LogP contribution >= 0.6 is 0 Å². The van der Waals surface area contributed by atoms with Gasteiger partial charge in [-0.1, -0.05) is 24.3 Å². The highest BCUT2D eigenvalue weighted by Crippen LogP contribution is 2.36. The molecule has 8 aromatic rings. The van der Waals surface area contributed by atoms with Crippen molar-refractivity contribution in [2.75, 3.05) is 27.4 Å². The standard InChI is InChI=1S/2C28H32N6O5S/c2*1-17-10-22(14-29-11-17)28-33-32-24(34(28)25-19(3)8-7-9-23(25)38-6)16-40(36,37)21(5)26(39-15-20(4)35)27-30-12-18(2)13-31-27/h2*7-14,21,26H,15-16H2,1-6H3/t2*21-,26+/m11/s1. The largest absolute Gasteiger partial charge is 0.495 e. The van der Waals surface area contributed by atoms with Gasteiger partial charge in [0, 0.05) is 60.7 Å². The highest BCUT2D eigenvalue weighted by atomic mass is 32.2. The summed E-state index contributed by atoms with van der Waals surface area (Å²) in [6.07, 6.45) is 10.9. The summed E-state index contributed by atoms with van der Waals surface area (Å²) in [7, 11) is -4.81. The second-order valence-electron chi connectivity index (χ2n) is 19.4. The zero-order valence-corrected chi connectivity index (χ0v) is 48.3. The second kappa shape index (κ2) is 25.8. The van der Waals surface area contributed by atoms with E-state index in [0.29, 0.717) is 45.6 Å². The molecule has 0 aliphatic carbocycles. The van der Waals surface area contributed by atoms with Gasteiger partial charge in [-0.25, -0.2) is 36.8 Å². The van der Waals surface area contributed by atoms with E-state index in [9.17, 15) is 26.4 Å². The molecule has 4 atom stereocenters. The van der Waals surface area contributed by atoms with Crippen LogP contribution in [0.2, 0.25) is 0 Å². The highest BCUT2D eigenvalue weighted by Gasteiger charge is 2.38. The summed E-state index contributed by atoms with van der Waals surface area (Å²) >= 11 is 0. The van der Waals surface area contributed by atoms with E-state index < -0.39 is 53.9 Å². The third-order valence-electron chi connectivity index (χ3n) is 12.7. The molecule has 24 heteroatoms. The molecule has 0 fully saturated rings. The first-order chi connectivity index (χ1) is 38.0. The number of pyridine rings is 2. The van der Waals surface area contributed by atoms with Crippen molar-refractivity contribution in [3.63, 3.8) is 0 Å².